The Kier molecular flexibility index (Phi) is 4.52. The Bertz CT molecular complexity index is 879. The molecule has 3 aliphatic rings. The standard InChI is InChI=1S/C18H25N3O8/c1-16(2,3)14(22)26-8-25-10-11-18(10)12(28-17(4,5)29-18)13(27-11)21-7-6-9(20-24)19-15(21)23/h6-7,10-13,24H,8H2,1-5H3,(H,19,20,23)/t10?,11-,12+,13-,18-/m1/s1. The first-order chi connectivity index (χ1) is 13.5. The van der Waals surface area contributed by atoms with Crippen molar-refractivity contribution in [1.29, 1.82) is 0 Å². The van der Waals surface area contributed by atoms with E-state index in [0.717, 1.165) is 0 Å². The molecule has 0 aromatic carbocycles. The van der Waals surface area contributed by atoms with Crippen LogP contribution in [0, 0.1) is 5.41 Å². The molecule has 5 atom stereocenters. The number of carbonyl (C=O) groups excluding carboxylic acids is 1. The first kappa shape index (κ1) is 20.2. The number of anilines is 1. The lowest BCUT2D eigenvalue weighted by Crippen LogP contribution is -2.40. The summed E-state index contributed by atoms with van der Waals surface area (Å²) in [5, 5.41) is 8.90. The minimum Gasteiger partial charge on any atom is -0.438 e. The van der Waals surface area contributed by atoms with Crippen LogP contribution in [0.15, 0.2) is 17.1 Å². The average molecular weight is 411 g/mol. The minimum absolute atomic E-state index is 0.0231. The lowest BCUT2D eigenvalue weighted by Gasteiger charge is -2.24. The van der Waals surface area contributed by atoms with Crippen LogP contribution in [-0.2, 0) is 28.5 Å². The molecule has 1 aromatic rings. The molecule has 160 valence electrons. The lowest BCUT2D eigenvalue weighted by atomic mass is 9.98. The van der Waals surface area contributed by atoms with Crippen LogP contribution in [0.5, 0.6) is 0 Å². The fourth-order valence-corrected chi connectivity index (χ4v) is 3.82. The highest BCUT2D eigenvalue weighted by Gasteiger charge is 2.84. The number of hydrogen-bond donors (Lipinski definition) is 2. The van der Waals surface area contributed by atoms with E-state index < -0.39 is 47.0 Å². The molecule has 2 saturated heterocycles. The summed E-state index contributed by atoms with van der Waals surface area (Å²) < 4.78 is 30.3. The summed E-state index contributed by atoms with van der Waals surface area (Å²) in [6, 6.07) is 1.43. The molecule has 2 N–H and O–H groups in total. The van der Waals surface area contributed by atoms with Crippen molar-refractivity contribution in [3.05, 3.63) is 22.7 Å². The van der Waals surface area contributed by atoms with Crippen molar-refractivity contribution in [2.45, 2.75) is 70.5 Å². The van der Waals surface area contributed by atoms with Crippen molar-refractivity contribution >= 4 is 11.8 Å². The largest absolute Gasteiger partial charge is 0.438 e. The molecule has 0 bridgehead atoms. The van der Waals surface area contributed by atoms with E-state index in [4.69, 9.17) is 28.9 Å². The van der Waals surface area contributed by atoms with Crippen LogP contribution in [0.3, 0.4) is 0 Å². The molecule has 0 radical (unpaired) electrons. The van der Waals surface area contributed by atoms with Crippen LogP contribution >= 0.6 is 0 Å². The molecule has 3 heterocycles. The summed E-state index contributed by atoms with van der Waals surface area (Å²) in [6.07, 6.45) is -0.938. The van der Waals surface area contributed by atoms with Gasteiger partial charge in [0.2, 0.25) is 0 Å². The number of esters is 1. The van der Waals surface area contributed by atoms with E-state index in [1.807, 2.05) is 5.48 Å². The van der Waals surface area contributed by atoms with Gasteiger partial charge in [-0.05, 0) is 40.7 Å². The average Bonchev–Trinajstić information content (AvgIpc) is 2.91. The molecular weight excluding hydrogens is 386 g/mol. The molecule has 1 aromatic heterocycles. The van der Waals surface area contributed by atoms with E-state index in [2.05, 4.69) is 4.98 Å². The highest BCUT2D eigenvalue weighted by atomic mass is 16.8. The van der Waals surface area contributed by atoms with Crippen molar-refractivity contribution in [3.8, 4) is 0 Å². The monoisotopic (exact) mass is 411 g/mol. The van der Waals surface area contributed by atoms with E-state index in [1.165, 1.54) is 16.8 Å². The molecule has 1 unspecified atom stereocenters. The Morgan fingerprint density at radius 1 is 1.38 bits per heavy atom. The smallest absolute Gasteiger partial charge is 0.351 e. The van der Waals surface area contributed by atoms with Gasteiger partial charge in [0.1, 0.15) is 18.3 Å². The molecule has 2 aliphatic heterocycles. The van der Waals surface area contributed by atoms with Crippen LogP contribution in [0.1, 0.15) is 40.8 Å². The number of hydrogen-bond acceptors (Lipinski definition) is 10. The molecule has 1 aliphatic carbocycles. The molecule has 1 saturated carbocycles. The van der Waals surface area contributed by atoms with Crippen LogP contribution in [0.2, 0.25) is 0 Å². The Morgan fingerprint density at radius 3 is 2.72 bits per heavy atom. The van der Waals surface area contributed by atoms with Gasteiger partial charge in [-0.3, -0.25) is 20.0 Å². The topological polar surface area (TPSA) is 130 Å². The Hall–Kier alpha value is -2.05. The molecule has 29 heavy (non-hydrogen) atoms. The van der Waals surface area contributed by atoms with Crippen molar-refractivity contribution in [2.75, 3.05) is 12.3 Å². The number of nitrogens with zero attached hydrogens (tertiary/aromatic N) is 2. The number of rotatable bonds is 5. The zero-order valence-corrected chi connectivity index (χ0v) is 16.9. The van der Waals surface area contributed by atoms with Gasteiger partial charge in [0.15, 0.2) is 30.2 Å². The van der Waals surface area contributed by atoms with Gasteiger partial charge in [-0.1, -0.05) is 0 Å². The van der Waals surface area contributed by atoms with Crippen molar-refractivity contribution in [2.24, 2.45) is 5.41 Å². The van der Waals surface area contributed by atoms with E-state index in [1.54, 1.807) is 34.6 Å². The molecule has 11 heteroatoms. The van der Waals surface area contributed by atoms with Crippen LogP contribution in [-0.4, -0.2) is 57.2 Å². The summed E-state index contributed by atoms with van der Waals surface area (Å²) >= 11 is 0. The first-order valence-electron chi connectivity index (χ1n) is 9.31. The van der Waals surface area contributed by atoms with Gasteiger partial charge in [0.05, 0.1) is 5.41 Å². The van der Waals surface area contributed by atoms with Gasteiger partial charge in [-0.25, -0.2) is 4.79 Å². The summed E-state index contributed by atoms with van der Waals surface area (Å²) in [5.41, 5.74) is -0.329. The van der Waals surface area contributed by atoms with Crippen molar-refractivity contribution in [1.82, 2.24) is 9.55 Å². The molecule has 11 nitrogen and oxygen atoms in total. The SMILES string of the molecule is CC1(C)O[C@H]2[C@H](n3ccc(NO)nc3=O)O[C@@H]3C(OCOC(=O)C(C)(C)C)[C@@]32O1. The van der Waals surface area contributed by atoms with E-state index in [0.29, 0.717) is 0 Å². The van der Waals surface area contributed by atoms with Crippen LogP contribution in [0.25, 0.3) is 0 Å². The number of nitrogens with one attached hydrogen (secondary N) is 1. The van der Waals surface area contributed by atoms with E-state index in [9.17, 15) is 9.59 Å². The maximum atomic E-state index is 12.3. The second-order valence-corrected chi connectivity index (χ2v) is 8.84. The predicted octanol–water partition coefficient (Wildman–Crippen LogP) is 0.778. The predicted molar refractivity (Wildman–Crippen MR) is 95.9 cm³/mol. The Labute approximate surface area is 166 Å². The summed E-state index contributed by atoms with van der Waals surface area (Å²) in [5.74, 6) is -1.26. The first-order valence-corrected chi connectivity index (χ1v) is 9.31. The quantitative estimate of drug-likeness (QED) is 0.407. The summed E-state index contributed by atoms with van der Waals surface area (Å²) in [6.45, 7) is 8.56. The highest BCUT2D eigenvalue weighted by Crippen LogP contribution is 2.64. The van der Waals surface area contributed by atoms with Gasteiger partial charge in [0.25, 0.3) is 0 Å². The second-order valence-electron chi connectivity index (χ2n) is 8.84. The molecular formula is C18H25N3O8. The minimum atomic E-state index is -0.908. The number of aromatic nitrogens is 2. The number of ether oxygens (including phenoxy) is 5. The van der Waals surface area contributed by atoms with Gasteiger partial charge in [-0.2, -0.15) is 4.98 Å². The molecule has 4 rings (SSSR count). The zero-order valence-electron chi connectivity index (χ0n) is 16.9. The van der Waals surface area contributed by atoms with Gasteiger partial charge in [-0.15, -0.1) is 0 Å². The third-order valence-corrected chi connectivity index (χ3v) is 5.15. The van der Waals surface area contributed by atoms with Gasteiger partial charge >= 0.3 is 11.7 Å². The van der Waals surface area contributed by atoms with Gasteiger partial charge in [0, 0.05) is 6.20 Å². The van der Waals surface area contributed by atoms with Gasteiger partial charge < -0.3 is 23.7 Å². The zero-order chi connectivity index (χ0) is 21.2. The Morgan fingerprint density at radius 2 is 2.10 bits per heavy atom. The number of carbonyl (C=O) groups is 1. The molecule has 3 fully saturated rings. The fraction of sp³-hybridized carbons (Fsp3) is 0.722. The van der Waals surface area contributed by atoms with Crippen molar-refractivity contribution < 1.29 is 33.7 Å². The maximum absolute atomic E-state index is 12.3. The van der Waals surface area contributed by atoms with E-state index >= 15 is 0 Å². The van der Waals surface area contributed by atoms with E-state index in [-0.39, 0.29) is 18.6 Å². The van der Waals surface area contributed by atoms with Crippen molar-refractivity contribution in [3.63, 3.8) is 0 Å². The highest BCUT2D eigenvalue weighted by molar-refractivity contribution is 5.75. The normalized spacial score (nSPS) is 34.4. The van der Waals surface area contributed by atoms with Crippen LogP contribution in [0.4, 0.5) is 5.82 Å². The molecule has 1 spiro atoms. The molecule has 0 amide bonds. The third-order valence-electron chi connectivity index (χ3n) is 5.15. The lowest BCUT2D eigenvalue weighted by molar-refractivity contribution is -0.184. The Balaban J connectivity index is 1.50. The third kappa shape index (κ3) is 3.22. The second kappa shape index (κ2) is 6.47. The fourth-order valence-electron chi connectivity index (χ4n) is 3.82. The van der Waals surface area contributed by atoms with Crippen LogP contribution < -0.4 is 11.2 Å². The summed E-state index contributed by atoms with van der Waals surface area (Å²) in [4.78, 5) is 27.9. The summed E-state index contributed by atoms with van der Waals surface area (Å²) in [7, 11) is 0. The maximum Gasteiger partial charge on any atom is 0.351 e.